The Morgan fingerprint density at radius 1 is 0.435 bits per heavy atom. The lowest BCUT2D eigenvalue weighted by Gasteiger charge is -1.93. The van der Waals surface area contributed by atoms with Crippen molar-refractivity contribution in [3.8, 4) is 23.7 Å². The molecule has 0 spiro atoms. The van der Waals surface area contributed by atoms with Crippen LogP contribution < -0.4 is 0 Å². The number of rotatable bonds is 0. The minimum atomic E-state index is 0.984. The van der Waals surface area contributed by atoms with Crippen molar-refractivity contribution in [3.63, 3.8) is 0 Å². The Balaban J connectivity index is 1.73. The van der Waals surface area contributed by atoms with Gasteiger partial charge in [0.2, 0.25) is 0 Å². The lowest BCUT2D eigenvalue weighted by Crippen LogP contribution is -1.79. The van der Waals surface area contributed by atoms with E-state index in [1.54, 1.807) is 0 Å². The quantitative estimate of drug-likeness (QED) is 0.482. The third-order valence-corrected chi connectivity index (χ3v) is 3.73. The van der Waals surface area contributed by atoms with Gasteiger partial charge in [-0.1, -0.05) is 57.8 Å². The lowest BCUT2D eigenvalue weighted by atomic mass is 10.1. The summed E-state index contributed by atoms with van der Waals surface area (Å²) in [5.41, 5.74) is 3.99. The smallest absolute Gasteiger partial charge is 0.0249 e. The molecule has 3 rings (SSSR count). The second-order valence-corrected chi connectivity index (χ2v) is 5.87. The van der Waals surface area contributed by atoms with Crippen molar-refractivity contribution in [3.05, 3.63) is 106 Å². The largest absolute Gasteiger partial charge is 0.0622 e. The highest BCUT2D eigenvalue weighted by atomic mass is 79.9. The number of hydrogen-bond donors (Lipinski definition) is 0. The molecule has 3 aromatic carbocycles. The normalized spacial score (nSPS) is 9.26. The molecule has 0 saturated carbocycles. The third kappa shape index (κ3) is 4.62. The van der Waals surface area contributed by atoms with Gasteiger partial charge in [-0.15, -0.1) is 0 Å². The van der Waals surface area contributed by atoms with Gasteiger partial charge in [-0.2, -0.15) is 0 Å². The van der Waals surface area contributed by atoms with E-state index in [0.717, 1.165) is 26.7 Å². The Hall–Kier alpha value is -2.74. The van der Waals surface area contributed by atoms with Crippen molar-refractivity contribution >= 4 is 15.9 Å². The summed E-state index contributed by atoms with van der Waals surface area (Å²) in [6, 6.07) is 26.0. The van der Waals surface area contributed by atoms with Crippen LogP contribution in [0.5, 0.6) is 0 Å². The highest BCUT2D eigenvalue weighted by Crippen LogP contribution is 2.10. The maximum atomic E-state index is 3.42. The first kappa shape index (κ1) is 15.2. The van der Waals surface area contributed by atoms with E-state index in [4.69, 9.17) is 0 Å². The van der Waals surface area contributed by atoms with E-state index in [1.165, 1.54) is 0 Å². The molecule has 0 aliphatic rings. The fourth-order valence-corrected chi connectivity index (χ4v) is 2.24. The van der Waals surface area contributed by atoms with E-state index >= 15 is 0 Å². The number of benzene rings is 3. The van der Waals surface area contributed by atoms with E-state index in [1.807, 2.05) is 78.9 Å². The highest BCUT2D eigenvalue weighted by Gasteiger charge is 1.90. The molecule has 0 nitrogen and oxygen atoms in total. The monoisotopic (exact) mass is 356 g/mol. The molecule has 0 radical (unpaired) electrons. The van der Waals surface area contributed by atoms with Gasteiger partial charge in [-0.3, -0.25) is 0 Å². The van der Waals surface area contributed by atoms with Crippen molar-refractivity contribution in [1.29, 1.82) is 0 Å². The van der Waals surface area contributed by atoms with Gasteiger partial charge in [0.05, 0.1) is 0 Å². The molecule has 0 N–H and O–H groups in total. The molecular formula is C22H13Br. The van der Waals surface area contributed by atoms with Crippen molar-refractivity contribution in [2.75, 3.05) is 0 Å². The summed E-state index contributed by atoms with van der Waals surface area (Å²) in [7, 11) is 0. The first-order valence-electron chi connectivity index (χ1n) is 7.24. The molecule has 0 saturated heterocycles. The molecular weight excluding hydrogens is 344 g/mol. The van der Waals surface area contributed by atoms with Gasteiger partial charge in [0, 0.05) is 26.7 Å². The van der Waals surface area contributed by atoms with Crippen molar-refractivity contribution in [2.24, 2.45) is 0 Å². The zero-order valence-corrected chi connectivity index (χ0v) is 14.0. The van der Waals surface area contributed by atoms with E-state index < -0.39 is 0 Å². The summed E-state index contributed by atoms with van der Waals surface area (Å²) in [6.07, 6.45) is 0. The van der Waals surface area contributed by atoms with Crippen LogP contribution in [0.2, 0.25) is 0 Å². The minimum Gasteiger partial charge on any atom is -0.0622 e. The summed E-state index contributed by atoms with van der Waals surface area (Å²) in [4.78, 5) is 0. The van der Waals surface area contributed by atoms with Gasteiger partial charge in [-0.05, 0) is 60.7 Å². The van der Waals surface area contributed by atoms with Crippen LogP contribution in [0, 0.1) is 23.7 Å². The molecule has 0 heterocycles. The van der Waals surface area contributed by atoms with Crippen LogP contribution in [-0.4, -0.2) is 0 Å². The van der Waals surface area contributed by atoms with E-state index in [0.29, 0.717) is 0 Å². The molecule has 0 amide bonds. The minimum absolute atomic E-state index is 0.984. The Labute approximate surface area is 145 Å². The molecule has 0 atom stereocenters. The van der Waals surface area contributed by atoms with Gasteiger partial charge in [0.1, 0.15) is 0 Å². The zero-order valence-electron chi connectivity index (χ0n) is 12.4. The highest BCUT2D eigenvalue weighted by molar-refractivity contribution is 9.10. The van der Waals surface area contributed by atoms with Gasteiger partial charge in [-0.25, -0.2) is 0 Å². The standard InChI is InChI=1S/C22H13Br/c23-22-16-14-21(15-17-22)13-12-20-10-8-19(9-11-20)7-6-18-4-2-1-3-5-18/h1-5,8-11,14-17H. The average molecular weight is 357 g/mol. The second kappa shape index (κ2) is 7.50. The van der Waals surface area contributed by atoms with E-state index in [-0.39, 0.29) is 0 Å². The molecule has 0 unspecified atom stereocenters. The summed E-state index contributed by atoms with van der Waals surface area (Å²) in [6.45, 7) is 0. The Morgan fingerprint density at radius 3 is 1.22 bits per heavy atom. The van der Waals surface area contributed by atoms with Gasteiger partial charge in [0.15, 0.2) is 0 Å². The summed E-state index contributed by atoms with van der Waals surface area (Å²) < 4.78 is 1.06. The van der Waals surface area contributed by atoms with Gasteiger partial charge < -0.3 is 0 Å². The molecule has 0 aliphatic carbocycles. The molecule has 23 heavy (non-hydrogen) atoms. The maximum absolute atomic E-state index is 3.42. The molecule has 0 aliphatic heterocycles. The van der Waals surface area contributed by atoms with Crippen LogP contribution in [0.3, 0.4) is 0 Å². The first-order chi connectivity index (χ1) is 11.3. The predicted molar refractivity (Wildman–Crippen MR) is 99.0 cm³/mol. The topological polar surface area (TPSA) is 0 Å². The molecule has 0 fully saturated rings. The molecule has 0 bridgehead atoms. The SMILES string of the molecule is Brc1ccc(C#Cc2ccc(C#Cc3ccccc3)cc2)cc1. The summed E-state index contributed by atoms with van der Waals surface area (Å²) in [5, 5.41) is 0. The van der Waals surface area contributed by atoms with Crippen LogP contribution >= 0.6 is 15.9 Å². The lowest BCUT2D eigenvalue weighted by molar-refractivity contribution is 1.58. The number of halogens is 1. The van der Waals surface area contributed by atoms with Crippen molar-refractivity contribution in [2.45, 2.75) is 0 Å². The van der Waals surface area contributed by atoms with Crippen LogP contribution in [0.1, 0.15) is 22.3 Å². The van der Waals surface area contributed by atoms with Crippen LogP contribution in [0.15, 0.2) is 83.3 Å². The maximum Gasteiger partial charge on any atom is 0.0249 e. The molecule has 108 valence electrons. The molecule has 0 aromatic heterocycles. The Kier molecular flexibility index (Phi) is 4.95. The number of hydrogen-bond acceptors (Lipinski definition) is 0. The first-order valence-corrected chi connectivity index (χ1v) is 8.04. The van der Waals surface area contributed by atoms with Gasteiger partial charge in [0.25, 0.3) is 0 Å². The molecule has 1 heteroatoms. The second-order valence-electron chi connectivity index (χ2n) is 4.95. The molecule has 3 aromatic rings. The Bertz CT molecular complexity index is 897. The van der Waals surface area contributed by atoms with Gasteiger partial charge >= 0.3 is 0 Å². The average Bonchev–Trinajstić information content (AvgIpc) is 2.61. The van der Waals surface area contributed by atoms with E-state index in [2.05, 4.69) is 39.6 Å². The summed E-state index contributed by atoms with van der Waals surface area (Å²) in [5.74, 6) is 12.6. The fraction of sp³-hybridized carbons (Fsp3) is 0. The zero-order chi connectivity index (χ0) is 15.9. The van der Waals surface area contributed by atoms with Crippen LogP contribution in [0.25, 0.3) is 0 Å². The van der Waals surface area contributed by atoms with Crippen LogP contribution in [0.4, 0.5) is 0 Å². The Morgan fingerprint density at radius 2 is 0.783 bits per heavy atom. The van der Waals surface area contributed by atoms with Crippen molar-refractivity contribution in [1.82, 2.24) is 0 Å². The summed E-state index contributed by atoms with van der Waals surface area (Å²) >= 11 is 3.42. The van der Waals surface area contributed by atoms with Crippen molar-refractivity contribution < 1.29 is 0 Å². The predicted octanol–water partition coefficient (Wildman–Crippen LogP) is 5.25. The third-order valence-electron chi connectivity index (χ3n) is 3.21. The fourth-order valence-electron chi connectivity index (χ4n) is 1.98. The van der Waals surface area contributed by atoms with E-state index in [9.17, 15) is 0 Å². The van der Waals surface area contributed by atoms with Crippen LogP contribution in [-0.2, 0) is 0 Å².